The predicted octanol–water partition coefficient (Wildman–Crippen LogP) is 2.97. The van der Waals surface area contributed by atoms with Gasteiger partial charge in [-0.3, -0.25) is 4.79 Å². The summed E-state index contributed by atoms with van der Waals surface area (Å²) < 4.78 is 13.4. The maximum atomic E-state index is 13.4. The van der Waals surface area contributed by atoms with Crippen molar-refractivity contribution in [2.45, 2.75) is 25.1 Å². The van der Waals surface area contributed by atoms with Crippen LogP contribution in [0.1, 0.15) is 24.2 Å². The second kappa shape index (κ2) is 5.08. The first kappa shape index (κ1) is 12.4. The largest absolute Gasteiger partial charge is 0.367 e. The summed E-state index contributed by atoms with van der Waals surface area (Å²) in [5.74, 6) is 0.695. The van der Waals surface area contributed by atoms with E-state index in [-0.39, 0.29) is 5.82 Å². The molecule has 0 aliphatic carbocycles. The molecule has 1 fully saturated rings. The van der Waals surface area contributed by atoms with Crippen molar-refractivity contribution < 1.29 is 9.18 Å². The predicted molar refractivity (Wildman–Crippen MR) is 70.5 cm³/mol. The van der Waals surface area contributed by atoms with E-state index >= 15 is 0 Å². The van der Waals surface area contributed by atoms with E-state index in [9.17, 15) is 9.18 Å². The monoisotopic (exact) mass is 253 g/mol. The van der Waals surface area contributed by atoms with Crippen LogP contribution in [0.25, 0.3) is 0 Å². The highest BCUT2D eigenvalue weighted by Gasteiger charge is 2.25. The highest BCUT2D eigenvalue weighted by atomic mass is 32.2. The minimum absolute atomic E-state index is 0.345. The first-order chi connectivity index (χ1) is 8.11. The average Bonchev–Trinajstić information content (AvgIpc) is 2.31. The van der Waals surface area contributed by atoms with Gasteiger partial charge in [0.2, 0.25) is 0 Å². The Bertz CT molecular complexity index is 424. The molecule has 1 aliphatic heterocycles. The quantitative estimate of drug-likeness (QED) is 0.756. The van der Waals surface area contributed by atoms with E-state index in [1.807, 2.05) is 11.8 Å². The average molecular weight is 253 g/mol. The molecule has 0 spiro atoms. The van der Waals surface area contributed by atoms with Gasteiger partial charge in [0.25, 0.3) is 0 Å². The zero-order valence-electron chi connectivity index (χ0n) is 10.0. The number of aldehydes is 1. The topological polar surface area (TPSA) is 20.3 Å². The van der Waals surface area contributed by atoms with E-state index < -0.39 is 0 Å². The first-order valence-corrected chi connectivity index (χ1v) is 6.80. The molecule has 1 heterocycles. The fourth-order valence-electron chi connectivity index (χ4n) is 2.13. The highest BCUT2D eigenvalue weighted by molar-refractivity contribution is 8.00. The highest BCUT2D eigenvalue weighted by Crippen LogP contribution is 2.29. The minimum atomic E-state index is -0.345. The maximum absolute atomic E-state index is 13.4. The maximum Gasteiger partial charge on any atom is 0.150 e. The van der Waals surface area contributed by atoms with Crippen LogP contribution in [0.2, 0.25) is 0 Å². The molecule has 92 valence electrons. The first-order valence-electron chi connectivity index (χ1n) is 5.76. The number of carbonyl (C=O) groups excluding carboxylic acids is 1. The molecule has 2 rings (SSSR count). The van der Waals surface area contributed by atoms with Gasteiger partial charge < -0.3 is 4.90 Å². The van der Waals surface area contributed by atoms with Crippen molar-refractivity contribution in [3.63, 3.8) is 0 Å². The number of anilines is 1. The molecular formula is C13H16FNOS. The third kappa shape index (κ3) is 2.63. The van der Waals surface area contributed by atoms with Crippen molar-refractivity contribution in [3.05, 3.63) is 29.6 Å². The van der Waals surface area contributed by atoms with Crippen LogP contribution in [0.4, 0.5) is 10.1 Å². The molecule has 0 saturated carbocycles. The minimum Gasteiger partial charge on any atom is -0.367 e. The molecule has 2 nitrogen and oxygen atoms in total. The summed E-state index contributed by atoms with van der Waals surface area (Å²) in [6.45, 7) is 5.22. The van der Waals surface area contributed by atoms with Gasteiger partial charge in [0.1, 0.15) is 12.1 Å². The molecule has 1 saturated heterocycles. The molecule has 1 aliphatic rings. The molecule has 2 atom stereocenters. The zero-order valence-corrected chi connectivity index (χ0v) is 10.8. The number of rotatable bonds is 2. The van der Waals surface area contributed by atoms with Gasteiger partial charge in [-0.05, 0) is 25.1 Å². The summed E-state index contributed by atoms with van der Waals surface area (Å²) >= 11 is 1.93. The Morgan fingerprint density at radius 3 is 2.88 bits per heavy atom. The Labute approximate surface area is 105 Å². The lowest BCUT2D eigenvalue weighted by atomic mass is 10.1. The Morgan fingerprint density at radius 2 is 2.18 bits per heavy atom. The molecule has 0 radical (unpaired) electrons. The van der Waals surface area contributed by atoms with Crippen LogP contribution < -0.4 is 4.90 Å². The lowest BCUT2D eigenvalue weighted by Crippen LogP contribution is -2.44. The van der Waals surface area contributed by atoms with Gasteiger partial charge in [-0.2, -0.15) is 11.8 Å². The molecule has 1 aromatic carbocycles. The normalized spacial score (nSPS) is 24.8. The smallest absolute Gasteiger partial charge is 0.150 e. The summed E-state index contributed by atoms with van der Waals surface area (Å²) in [5, 5.41) is 0.520. The van der Waals surface area contributed by atoms with E-state index in [1.54, 1.807) is 6.07 Å². The fraction of sp³-hybridized carbons (Fsp3) is 0.462. The van der Waals surface area contributed by atoms with Crippen LogP contribution in [0, 0.1) is 5.82 Å². The zero-order chi connectivity index (χ0) is 12.4. The number of benzene rings is 1. The number of thioether (sulfide) groups is 1. The molecule has 0 aromatic heterocycles. The van der Waals surface area contributed by atoms with E-state index in [0.717, 1.165) is 18.0 Å². The molecule has 17 heavy (non-hydrogen) atoms. The van der Waals surface area contributed by atoms with Crippen molar-refractivity contribution in [3.8, 4) is 0 Å². The molecule has 4 heteroatoms. The van der Waals surface area contributed by atoms with E-state index in [4.69, 9.17) is 0 Å². The van der Waals surface area contributed by atoms with E-state index in [2.05, 4.69) is 18.7 Å². The Hall–Kier alpha value is -1.03. The molecule has 1 aromatic rings. The summed E-state index contributed by atoms with van der Waals surface area (Å²) in [4.78, 5) is 12.9. The Morgan fingerprint density at radius 1 is 1.41 bits per heavy atom. The van der Waals surface area contributed by atoms with Gasteiger partial charge in [-0.15, -0.1) is 0 Å². The van der Waals surface area contributed by atoms with Gasteiger partial charge in [0, 0.05) is 34.8 Å². The lowest BCUT2D eigenvalue weighted by molar-refractivity contribution is 0.112. The number of hydrogen-bond donors (Lipinski definition) is 0. The SMILES string of the molecule is CC1SCCN(c2cc(F)cc(C=O)c2)C1C. The standard InChI is InChI=1S/C13H16FNOS/c1-9-10(2)17-4-3-15(9)13-6-11(8-16)5-12(14)7-13/h5-10H,3-4H2,1-2H3. The van der Waals surface area contributed by atoms with Gasteiger partial charge in [-0.25, -0.2) is 4.39 Å². The summed E-state index contributed by atoms with van der Waals surface area (Å²) in [6, 6.07) is 4.89. The number of nitrogens with zero attached hydrogens (tertiary/aromatic N) is 1. The number of carbonyl (C=O) groups is 1. The summed E-state index contributed by atoms with van der Waals surface area (Å²) in [6.07, 6.45) is 0.694. The van der Waals surface area contributed by atoms with Gasteiger partial charge >= 0.3 is 0 Å². The second-order valence-electron chi connectivity index (χ2n) is 4.37. The molecule has 0 bridgehead atoms. The third-order valence-corrected chi connectivity index (χ3v) is 4.59. The van der Waals surface area contributed by atoms with Crippen LogP contribution in [0.15, 0.2) is 18.2 Å². The van der Waals surface area contributed by atoms with Gasteiger partial charge in [0.05, 0.1) is 0 Å². The van der Waals surface area contributed by atoms with Crippen LogP contribution in [-0.2, 0) is 0 Å². The Balaban J connectivity index is 2.32. The van der Waals surface area contributed by atoms with Crippen molar-refractivity contribution in [1.82, 2.24) is 0 Å². The van der Waals surface area contributed by atoms with Crippen LogP contribution in [0.5, 0.6) is 0 Å². The van der Waals surface area contributed by atoms with E-state index in [1.165, 1.54) is 12.1 Å². The van der Waals surface area contributed by atoms with Crippen molar-refractivity contribution in [2.24, 2.45) is 0 Å². The molecule has 2 unspecified atom stereocenters. The van der Waals surface area contributed by atoms with Crippen LogP contribution >= 0.6 is 11.8 Å². The number of hydrogen-bond acceptors (Lipinski definition) is 3. The van der Waals surface area contributed by atoms with Crippen LogP contribution in [0.3, 0.4) is 0 Å². The second-order valence-corrected chi connectivity index (χ2v) is 5.86. The van der Waals surface area contributed by atoms with Crippen LogP contribution in [-0.4, -0.2) is 29.9 Å². The molecular weight excluding hydrogens is 237 g/mol. The third-order valence-electron chi connectivity index (χ3n) is 3.26. The lowest BCUT2D eigenvalue weighted by Gasteiger charge is -2.39. The van der Waals surface area contributed by atoms with Gasteiger partial charge in [0.15, 0.2) is 0 Å². The summed E-state index contributed by atoms with van der Waals surface area (Å²) in [7, 11) is 0. The fourth-order valence-corrected chi connectivity index (χ4v) is 3.23. The van der Waals surface area contributed by atoms with Crippen molar-refractivity contribution >= 4 is 23.7 Å². The number of halogens is 1. The van der Waals surface area contributed by atoms with Crippen molar-refractivity contribution in [1.29, 1.82) is 0 Å². The summed E-state index contributed by atoms with van der Waals surface area (Å²) in [5.41, 5.74) is 1.21. The molecule has 0 N–H and O–H groups in total. The van der Waals surface area contributed by atoms with Crippen molar-refractivity contribution in [2.75, 3.05) is 17.2 Å². The van der Waals surface area contributed by atoms with Gasteiger partial charge in [-0.1, -0.05) is 6.92 Å². The molecule has 0 amide bonds. The Kier molecular flexibility index (Phi) is 3.72. The van der Waals surface area contributed by atoms with E-state index in [0.29, 0.717) is 23.1 Å².